The first-order valence-corrected chi connectivity index (χ1v) is 7.18. The number of aryl methyl sites for hydroxylation is 3. The Kier molecular flexibility index (Phi) is 4.80. The van der Waals surface area contributed by atoms with E-state index in [0.29, 0.717) is 0 Å². The van der Waals surface area contributed by atoms with Crippen molar-refractivity contribution in [2.24, 2.45) is 0 Å². The van der Waals surface area contributed by atoms with Crippen LogP contribution in [-0.4, -0.2) is 6.54 Å². The van der Waals surface area contributed by atoms with Crippen molar-refractivity contribution in [3.8, 4) is 0 Å². The van der Waals surface area contributed by atoms with Crippen LogP contribution in [0.2, 0.25) is 0 Å². The predicted molar refractivity (Wildman–Crippen MR) is 86.9 cm³/mol. The normalized spacial score (nSPS) is 10.8. The topological polar surface area (TPSA) is 38.0 Å². The molecular formula is C18H24N2. The standard InChI is InChI=1S/C18H24N2/c1-13-9-15(3)17(10-14(13)2)7-8-20-12-16-5-4-6-18(19)11-16/h4-6,9-11,20H,7-8,12,19H2,1-3H3. The van der Waals surface area contributed by atoms with Crippen LogP contribution in [0.15, 0.2) is 36.4 Å². The first-order chi connectivity index (χ1) is 9.56. The quantitative estimate of drug-likeness (QED) is 0.643. The molecule has 2 rings (SSSR count). The lowest BCUT2D eigenvalue weighted by atomic mass is 9.99. The van der Waals surface area contributed by atoms with Crippen molar-refractivity contribution in [3.63, 3.8) is 0 Å². The molecule has 2 heteroatoms. The Morgan fingerprint density at radius 1 is 0.950 bits per heavy atom. The molecule has 0 heterocycles. The van der Waals surface area contributed by atoms with Crippen molar-refractivity contribution >= 4 is 5.69 Å². The molecule has 0 aliphatic rings. The van der Waals surface area contributed by atoms with E-state index in [1.807, 2.05) is 18.2 Å². The van der Waals surface area contributed by atoms with Crippen LogP contribution in [0.1, 0.15) is 27.8 Å². The number of hydrogen-bond donors (Lipinski definition) is 2. The minimum atomic E-state index is 0.828. The van der Waals surface area contributed by atoms with Gasteiger partial charge in [-0.3, -0.25) is 0 Å². The third kappa shape index (κ3) is 3.84. The summed E-state index contributed by atoms with van der Waals surface area (Å²) in [6.07, 6.45) is 1.06. The van der Waals surface area contributed by atoms with E-state index >= 15 is 0 Å². The van der Waals surface area contributed by atoms with Crippen molar-refractivity contribution in [2.45, 2.75) is 33.7 Å². The van der Waals surface area contributed by atoms with Gasteiger partial charge in [0, 0.05) is 12.2 Å². The molecule has 0 aliphatic carbocycles. The number of benzene rings is 2. The molecule has 0 spiro atoms. The summed E-state index contributed by atoms with van der Waals surface area (Å²) < 4.78 is 0. The zero-order chi connectivity index (χ0) is 14.5. The molecule has 0 saturated heterocycles. The molecule has 0 aliphatic heterocycles. The van der Waals surface area contributed by atoms with Gasteiger partial charge in [-0.15, -0.1) is 0 Å². The van der Waals surface area contributed by atoms with Gasteiger partial charge in [-0.2, -0.15) is 0 Å². The zero-order valence-electron chi connectivity index (χ0n) is 12.7. The largest absolute Gasteiger partial charge is 0.399 e. The highest BCUT2D eigenvalue weighted by molar-refractivity contribution is 5.40. The third-order valence-electron chi connectivity index (χ3n) is 3.80. The summed E-state index contributed by atoms with van der Waals surface area (Å²) in [6.45, 7) is 8.40. The van der Waals surface area contributed by atoms with Gasteiger partial charge in [0.15, 0.2) is 0 Å². The van der Waals surface area contributed by atoms with E-state index in [1.165, 1.54) is 27.8 Å². The minimum absolute atomic E-state index is 0.828. The second-order valence-electron chi connectivity index (χ2n) is 5.53. The van der Waals surface area contributed by atoms with Gasteiger partial charge in [-0.25, -0.2) is 0 Å². The lowest BCUT2D eigenvalue weighted by molar-refractivity contribution is 0.685. The number of nitrogen functional groups attached to an aromatic ring is 1. The molecule has 20 heavy (non-hydrogen) atoms. The highest BCUT2D eigenvalue weighted by Gasteiger charge is 2.02. The summed E-state index contributed by atoms with van der Waals surface area (Å²) in [5, 5.41) is 3.48. The Bertz CT molecular complexity index is 588. The molecule has 0 unspecified atom stereocenters. The number of hydrogen-bond acceptors (Lipinski definition) is 2. The molecule has 0 amide bonds. The summed E-state index contributed by atoms with van der Waals surface area (Å²) in [4.78, 5) is 0. The smallest absolute Gasteiger partial charge is 0.0317 e. The van der Waals surface area contributed by atoms with Crippen LogP contribution in [0.5, 0.6) is 0 Å². The van der Waals surface area contributed by atoms with Gasteiger partial charge in [0.1, 0.15) is 0 Å². The van der Waals surface area contributed by atoms with Gasteiger partial charge in [-0.05, 0) is 73.7 Å². The van der Waals surface area contributed by atoms with E-state index in [-0.39, 0.29) is 0 Å². The molecule has 2 nitrogen and oxygen atoms in total. The Labute approximate surface area is 122 Å². The predicted octanol–water partition coefficient (Wildman–Crippen LogP) is 3.53. The summed E-state index contributed by atoms with van der Waals surface area (Å²) in [7, 11) is 0. The molecule has 0 radical (unpaired) electrons. The summed E-state index contributed by atoms with van der Waals surface area (Å²) in [5.74, 6) is 0. The van der Waals surface area contributed by atoms with Crippen molar-refractivity contribution < 1.29 is 0 Å². The maximum Gasteiger partial charge on any atom is 0.0317 e. The summed E-state index contributed by atoms with van der Waals surface area (Å²) >= 11 is 0. The third-order valence-corrected chi connectivity index (χ3v) is 3.80. The molecule has 0 atom stereocenters. The van der Waals surface area contributed by atoms with Gasteiger partial charge in [-0.1, -0.05) is 24.3 Å². The van der Waals surface area contributed by atoms with Crippen LogP contribution in [0.4, 0.5) is 5.69 Å². The fraction of sp³-hybridized carbons (Fsp3) is 0.333. The molecule has 2 aromatic rings. The lowest BCUT2D eigenvalue weighted by Crippen LogP contribution is -2.17. The molecule has 3 N–H and O–H groups in total. The lowest BCUT2D eigenvalue weighted by Gasteiger charge is -2.11. The fourth-order valence-corrected chi connectivity index (χ4v) is 2.45. The monoisotopic (exact) mass is 268 g/mol. The maximum absolute atomic E-state index is 5.78. The average molecular weight is 268 g/mol. The van der Waals surface area contributed by atoms with Gasteiger partial charge >= 0.3 is 0 Å². The molecule has 0 bridgehead atoms. The Morgan fingerprint density at radius 3 is 2.45 bits per heavy atom. The van der Waals surface area contributed by atoms with Gasteiger partial charge < -0.3 is 11.1 Å². The SMILES string of the molecule is Cc1cc(C)c(CCNCc2cccc(N)c2)cc1C. The van der Waals surface area contributed by atoms with Crippen molar-refractivity contribution in [1.29, 1.82) is 0 Å². The first kappa shape index (κ1) is 14.6. The summed E-state index contributed by atoms with van der Waals surface area (Å²) in [6, 6.07) is 12.6. The van der Waals surface area contributed by atoms with E-state index < -0.39 is 0 Å². The van der Waals surface area contributed by atoms with Crippen LogP contribution in [0, 0.1) is 20.8 Å². The van der Waals surface area contributed by atoms with Crippen LogP contribution >= 0.6 is 0 Å². The second-order valence-corrected chi connectivity index (χ2v) is 5.53. The van der Waals surface area contributed by atoms with E-state index in [4.69, 9.17) is 5.73 Å². The van der Waals surface area contributed by atoms with E-state index in [2.05, 4.69) is 44.3 Å². The number of nitrogens with one attached hydrogen (secondary N) is 1. The number of anilines is 1. The molecule has 0 fully saturated rings. The van der Waals surface area contributed by atoms with Crippen LogP contribution in [0.3, 0.4) is 0 Å². The molecule has 106 valence electrons. The van der Waals surface area contributed by atoms with Crippen molar-refractivity contribution in [1.82, 2.24) is 5.32 Å². The Morgan fingerprint density at radius 2 is 1.70 bits per heavy atom. The Balaban J connectivity index is 1.86. The van der Waals surface area contributed by atoms with E-state index in [1.54, 1.807) is 0 Å². The van der Waals surface area contributed by atoms with E-state index in [0.717, 1.165) is 25.2 Å². The van der Waals surface area contributed by atoms with Gasteiger partial charge in [0.25, 0.3) is 0 Å². The van der Waals surface area contributed by atoms with Crippen molar-refractivity contribution in [3.05, 3.63) is 64.2 Å². The molecule has 2 aromatic carbocycles. The molecule has 0 aromatic heterocycles. The van der Waals surface area contributed by atoms with Crippen LogP contribution in [-0.2, 0) is 13.0 Å². The highest BCUT2D eigenvalue weighted by Crippen LogP contribution is 2.15. The highest BCUT2D eigenvalue weighted by atomic mass is 14.8. The zero-order valence-corrected chi connectivity index (χ0v) is 12.7. The fourth-order valence-electron chi connectivity index (χ4n) is 2.45. The van der Waals surface area contributed by atoms with Crippen molar-refractivity contribution in [2.75, 3.05) is 12.3 Å². The second kappa shape index (κ2) is 6.58. The minimum Gasteiger partial charge on any atom is -0.399 e. The number of nitrogens with two attached hydrogens (primary N) is 1. The van der Waals surface area contributed by atoms with E-state index in [9.17, 15) is 0 Å². The van der Waals surface area contributed by atoms with Gasteiger partial charge in [0.05, 0.1) is 0 Å². The van der Waals surface area contributed by atoms with Gasteiger partial charge in [0.2, 0.25) is 0 Å². The van der Waals surface area contributed by atoms with Crippen LogP contribution < -0.4 is 11.1 Å². The maximum atomic E-state index is 5.78. The molecule has 0 saturated carbocycles. The molecular weight excluding hydrogens is 244 g/mol. The first-order valence-electron chi connectivity index (χ1n) is 7.18. The van der Waals surface area contributed by atoms with Crippen LogP contribution in [0.25, 0.3) is 0 Å². The number of rotatable bonds is 5. The average Bonchev–Trinajstić information content (AvgIpc) is 2.40. The Hall–Kier alpha value is -1.80. The summed E-state index contributed by atoms with van der Waals surface area (Å²) in [5.41, 5.74) is 13.4.